The highest BCUT2D eigenvalue weighted by Gasteiger charge is 2.28. The number of carbonyl (C=O) groups excluding carboxylic acids is 2. The zero-order valence-electron chi connectivity index (χ0n) is 12.0. The summed E-state index contributed by atoms with van der Waals surface area (Å²) in [5.74, 6) is 0.499. The number of nitrogens with zero attached hydrogens (tertiary/aromatic N) is 1. The Morgan fingerprint density at radius 3 is 2.59 bits per heavy atom. The number of amides is 1. The van der Waals surface area contributed by atoms with E-state index in [0.717, 1.165) is 0 Å². The van der Waals surface area contributed by atoms with Crippen LogP contribution in [0.3, 0.4) is 0 Å². The van der Waals surface area contributed by atoms with Crippen LogP contribution in [0, 0.1) is 0 Å². The fourth-order valence-electron chi connectivity index (χ4n) is 2.53. The van der Waals surface area contributed by atoms with E-state index in [-0.39, 0.29) is 11.7 Å². The van der Waals surface area contributed by atoms with E-state index < -0.39 is 0 Å². The molecule has 3 rings (SSSR count). The third kappa shape index (κ3) is 2.57. The molecule has 1 aliphatic heterocycles. The van der Waals surface area contributed by atoms with Crippen molar-refractivity contribution in [3.05, 3.63) is 58.6 Å². The maximum absolute atomic E-state index is 12.7. The van der Waals surface area contributed by atoms with Gasteiger partial charge in [0.1, 0.15) is 5.75 Å². The Labute approximate surface area is 133 Å². The Hall–Kier alpha value is -2.33. The number of Topliss-reactive ketones (excluding diaryl/α,β-unsaturated/α-hetero) is 1. The summed E-state index contributed by atoms with van der Waals surface area (Å²) < 4.78 is 5.20. The molecule has 0 saturated heterocycles. The van der Waals surface area contributed by atoms with Gasteiger partial charge in [-0.15, -0.1) is 0 Å². The maximum atomic E-state index is 12.7. The number of carbonyl (C=O) groups is 2. The first-order valence-electron chi connectivity index (χ1n) is 6.89. The van der Waals surface area contributed by atoms with Crippen molar-refractivity contribution in [2.45, 2.75) is 6.42 Å². The lowest BCUT2D eigenvalue weighted by molar-refractivity contribution is 0.0955. The molecule has 0 unspecified atom stereocenters. The normalized spacial score (nSPS) is 13.7. The van der Waals surface area contributed by atoms with Crippen molar-refractivity contribution in [1.82, 2.24) is 0 Å². The molecule has 2 aromatic rings. The van der Waals surface area contributed by atoms with Gasteiger partial charge in [-0.25, -0.2) is 0 Å². The average Bonchev–Trinajstić information content (AvgIpc) is 2.55. The molecule has 0 aliphatic carbocycles. The van der Waals surface area contributed by atoms with E-state index in [0.29, 0.717) is 40.6 Å². The minimum absolute atomic E-state index is 0.0396. The summed E-state index contributed by atoms with van der Waals surface area (Å²) in [4.78, 5) is 26.4. The number of ketones is 1. The molecular formula is C17H14ClNO3. The Bertz CT molecular complexity index is 740. The monoisotopic (exact) mass is 315 g/mol. The lowest BCUT2D eigenvalue weighted by atomic mass is 9.99. The highest BCUT2D eigenvalue weighted by atomic mass is 35.5. The zero-order chi connectivity index (χ0) is 15.7. The van der Waals surface area contributed by atoms with Crippen LogP contribution in [0.15, 0.2) is 42.5 Å². The van der Waals surface area contributed by atoms with Crippen LogP contribution < -0.4 is 9.64 Å². The van der Waals surface area contributed by atoms with Gasteiger partial charge in [-0.3, -0.25) is 9.59 Å². The van der Waals surface area contributed by atoms with Gasteiger partial charge in [0, 0.05) is 35.2 Å². The standard InChI is InChI=1S/C17H14ClNO3/c1-22-13-6-7-14-15(10-13)19(9-8-16(14)20)17(21)11-2-4-12(18)5-3-11/h2-7,10H,8-9H2,1H3. The molecule has 5 heteroatoms. The molecule has 0 spiro atoms. The number of halogens is 1. The highest BCUT2D eigenvalue weighted by molar-refractivity contribution is 6.30. The smallest absolute Gasteiger partial charge is 0.258 e. The van der Waals surface area contributed by atoms with Crippen LogP contribution in [0.4, 0.5) is 5.69 Å². The molecule has 4 nitrogen and oxygen atoms in total. The molecule has 1 aliphatic rings. The number of fused-ring (bicyclic) bond motifs is 1. The summed E-state index contributed by atoms with van der Waals surface area (Å²) in [5.41, 5.74) is 1.68. The summed E-state index contributed by atoms with van der Waals surface area (Å²) in [6.07, 6.45) is 0.318. The van der Waals surface area contributed by atoms with Crippen LogP contribution in [0.5, 0.6) is 5.75 Å². The van der Waals surface area contributed by atoms with E-state index in [1.807, 2.05) is 0 Å². The maximum Gasteiger partial charge on any atom is 0.258 e. The predicted octanol–water partition coefficient (Wildman–Crippen LogP) is 3.58. The minimum atomic E-state index is -0.154. The van der Waals surface area contributed by atoms with Gasteiger partial charge >= 0.3 is 0 Å². The number of anilines is 1. The quantitative estimate of drug-likeness (QED) is 0.851. The summed E-state index contributed by atoms with van der Waals surface area (Å²) in [6, 6.07) is 11.9. The first kappa shape index (κ1) is 14.6. The number of hydrogen-bond donors (Lipinski definition) is 0. The van der Waals surface area contributed by atoms with Gasteiger partial charge in [0.25, 0.3) is 5.91 Å². The van der Waals surface area contributed by atoms with Crippen LogP contribution in [-0.2, 0) is 0 Å². The molecule has 0 fully saturated rings. The fourth-order valence-corrected chi connectivity index (χ4v) is 2.65. The molecule has 0 radical (unpaired) electrons. The Balaban J connectivity index is 2.02. The van der Waals surface area contributed by atoms with Crippen LogP contribution in [0.25, 0.3) is 0 Å². The molecule has 22 heavy (non-hydrogen) atoms. The van der Waals surface area contributed by atoms with Gasteiger partial charge in [0.2, 0.25) is 0 Å². The molecule has 2 aromatic carbocycles. The van der Waals surface area contributed by atoms with Crippen LogP contribution in [0.1, 0.15) is 27.1 Å². The predicted molar refractivity (Wildman–Crippen MR) is 85.1 cm³/mol. The molecule has 0 N–H and O–H groups in total. The minimum Gasteiger partial charge on any atom is -0.497 e. The largest absolute Gasteiger partial charge is 0.497 e. The van der Waals surface area contributed by atoms with Crippen molar-refractivity contribution < 1.29 is 14.3 Å². The molecule has 0 bridgehead atoms. The molecule has 112 valence electrons. The van der Waals surface area contributed by atoms with Gasteiger partial charge in [0.15, 0.2) is 5.78 Å². The van der Waals surface area contributed by atoms with E-state index in [1.54, 1.807) is 54.5 Å². The molecule has 0 aromatic heterocycles. The average molecular weight is 316 g/mol. The second-order valence-electron chi connectivity index (χ2n) is 5.02. The Morgan fingerprint density at radius 1 is 1.18 bits per heavy atom. The van der Waals surface area contributed by atoms with Crippen molar-refractivity contribution in [1.29, 1.82) is 0 Å². The van der Waals surface area contributed by atoms with Crippen molar-refractivity contribution in [2.75, 3.05) is 18.6 Å². The summed E-state index contributed by atoms with van der Waals surface area (Å²) in [5, 5.41) is 0.576. The lowest BCUT2D eigenvalue weighted by Crippen LogP contribution is -2.37. The zero-order valence-corrected chi connectivity index (χ0v) is 12.8. The number of rotatable bonds is 2. The van der Waals surface area contributed by atoms with Gasteiger partial charge < -0.3 is 9.64 Å². The first-order chi connectivity index (χ1) is 10.6. The number of ether oxygens (including phenoxy) is 1. The number of methoxy groups -OCH3 is 1. The van der Waals surface area contributed by atoms with Gasteiger partial charge in [0.05, 0.1) is 12.8 Å². The van der Waals surface area contributed by atoms with Crippen molar-refractivity contribution in [3.63, 3.8) is 0 Å². The molecule has 1 heterocycles. The lowest BCUT2D eigenvalue weighted by Gasteiger charge is -2.29. The third-order valence-electron chi connectivity index (χ3n) is 3.69. The van der Waals surface area contributed by atoms with Crippen molar-refractivity contribution >= 4 is 29.0 Å². The van der Waals surface area contributed by atoms with E-state index in [2.05, 4.69) is 0 Å². The van der Waals surface area contributed by atoms with Crippen LogP contribution >= 0.6 is 11.6 Å². The van der Waals surface area contributed by atoms with E-state index in [9.17, 15) is 9.59 Å². The molecule has 1 amide bonds. The van der Waals surface area contributed by atoms with Crippen LogP contribution in [0.2, 0.25) is 5.02 Å². The number of benzene rings is 2. The summed E-state index contributed by atoms with van der Waals surface area (Å²) in [7, 11) is 1.55. The Morgan fingerprint density at radius 2 is 1.91 bits per heavy atom. The number of hydrogen-bond acceptors (Lipinski definition) is 3. The second kappa shape index (κ2) is 5.81. The molecule has 0 atom stereocenters. The van der Waals surface area contributed by atoms with Crippen molar-refractivity contribution in [3.8, 4) is 5.75 Å². The first-order valence-corrected chi connectivity index (χ1v) is 7.26. The van der Waals surface area contributed by atoms with E-state index >= 15 is 0 Å². The highest BCUT2D eigenvalue weighted by Crippen LogP contribution is 2.32. The van der Waals surface area contributed by atoms with Crippen LogP contribution in [-0.4, -0.2) is 25.3 Å². The third-order valence-corrected chi connectivity index (χ3v) is 3.95. The second-order valence-corrected chi connectivity index (χ2v) is 5.46. The molecule has 0 saturated carbocycles. The van der Waals surface area contributed by atoms with Crippen molar-refractivity contribution in [2.24, 2.45) is 0 Å². The SMILES string of the molecule is COc1ccc2c(c1)N(C(=O)c1ccc(Cl)cc1)CCC2=O. The topological polar surface area (TPSA) is 46.6 Å². The Kier molecular flexibility index (Phi) is 3.86. The van der Waals surface area contributed by atoms with Gasteiger partial charge in [-0.2, -0.15) is 0 Å². The summed E-state index contributed by atoms with van der Waals surface area (Å²) >= 11 is 5.86. The van der Waals surface area contributed by atoms with E-state index in [4.69, 9.17) is 16.3 Å². The van der Waals surface area contributed by atoms with Gasteiger partial charge in [-0.05, 0) is 36.4 Å². The van der Waals surface area contributed by atoms with E-state index in [1.165, 1.54) is 0 Å². The van der Waals surface area contributed by atoms with Gasteiger partial charge in [-0.1, -0.05) is 11.6 Å². The fraction of sp³-hybridized carbons (Fsp3) is 0.176. The molecular weight excluding hydrogens is 302 g/mol. The summed E-state index contributed by atoms with van der Waals surface area (Å²) in [6.45, 7) is 0.362.